The number of aliphatic hydroxyl groups is 1. The summed E-state index contributed by atoms with van der Waals surface area (Å²) in [7, 11) is 0. The maximum absolute atomic E-state index is 13.5. The van der Waals surface area contributed by atoms with Crippen molar-refractivity contribution < 1.29 is 13.9 Å². The molecule has 0 amide bonds. The molecule has 5 heteroatoms. The summed E-state index contributed by atoms with van der Waals surface area (Å²) in [6, 6.07) is 20.0. The molecule has 0 atom stereocenters. The third-order valence-electron chi connectivity index (χ3n) is 5.74. The SMILES string of the molecule is OC1(c2ccc(Cl)cc2)CCN(C(c2ccc(F)cc2)c2ccc(F)cc2)CC1. The smallest absolute Gasteiger partial charge is 0.123 e. The summed E-state index contributed by atoms with van der Waals surface area (Å²) in [5.41, 5.74) is 1.84. The predicted molar refractivity (Wildman–Crippen MR) is 111 cm³/mol. The first-order chi connectivity index (χ1) is 13.9. The monoisotopic (exact) mass is 413 g/mol. The van der Waals surface area contributed by atoms with Crippen LogP contribution in [-0.4, -0.2) is 23.1 Å². The second kappa shape index (κ2) is 8.23. The van der Waals surface area contributed by atoms with Crippen molar-refractivity contribution in [2.75, 3.05) is 13.1 Å². The van der Waals surface area contributed by atoms with Crippen molar-refractivity contribution in [3.05, 3.63) is 106 Å². The lowest BCUT2D eigenvalue weighted by atomic mass is 9.83. The molecule has 3 aromatic rings. The van der Waals surface area contributed by atoms with Gasteiger partial charge >= 0.3 is 0 Å². The van der Waals surface area contributed by atoms with E-state index in [1.54, 1.807) is 36.4 Å². The molecule has 0 aromatic heterocycles. The summed E-state index contributed by atoms with van der Waals surface area (Å²) in [4.78, 5) is 2.25. The average Bonchev–Trinajstić information content (AvgIpc) is 2.73. The van der Waals surface area contributed by atoms with Gasteiger partial charge in [-0.05, 0) is 65.9 Å². The second-order valence-electron chi connectivity index (χ2n) is 7.58. The lowest BCUT2D eigenvalue weighted by Crippen LogP contribution is -2.44. The normalized spacial score (nSPS) is 16.9. The third-order valence-corrected chi connectivity index (χ3v) is 6.00. The van der Waals surface area contributed by atoms with Gasteiger partial charge in [0.1, 0.15) is 11.6 Å². The van der Waals surface area contributed by atoms with Crippen LogP contribution in [0.15, 0.2) is 72.8 Å². The Labute approximate surface area is 174 Å². The van der Waals surface area contributed by atoms with Gasteiger partial charge in [0.2, 0.25) is 0 Å². The lowest BCUT2D eigenvalue weighted by Gasteiger charge is -2.42. The highest BCUT2D eigenvalue weighted by atomic mass is 35.5. The molecule has 4 rings (SSSR count). The first-order valence-corrected chi connectivity index (χ1v) is 10.1. The van der Waals surface area contributed by atoms with Crippen LogP contribution in [0.4, 0.5) is 8.78 Å². The van der Waals surface area contributed by atoms with Gasteiger partial charge in [-0.25, -0.2) is 8.78 Å². The fraction of sp³-hybridized carbons (Fsp3) is 0.250. The molecular weight excluding hydrogens is 392 g/mol. The summed E-state index contributed by atoms with van der Waals surface area (Å²) in [5.74, 6) is -0.579. The van der Waals surface area contributed by atoms with Crippen molar-refractivity contribution in [3.63, 3.8) is 0 Å². The van der Waals surface area contributed by atoms with E-state index in [4.69, 9.17) is 11.6 Å². The molecule has 1 aliphatic rings. The standard InChI is InChI=1S/C24H22ClF2NO/c25-20-7-5-19(6-8-20)24(29)13-15-28(16-14-24)23(17-1-9-21(26)10-2-17)18-3-11-22(27)12-4-18/h1-12,23,29H,13-16H2. The van der Waals surface area contributed by atoms with Crippen molar-refractivity contribution in [2.24, 2.45) is 0 Å². The van der Waals surface area contributed by atoms with E-state index in [0.717, 1.165) is 16.7 Å². The minimum Gasteiger partial charge on any atom is -0.385 e. The highest BCUT2D eigenvalue weighted by Gasteiger charge is 2.36. The molecule has 150 valence electrons. The van der Waals surface area contributed by atoms with Crippen LogP contribution in [0, 0.1) is 11.6 Å². The Kier molecular flexibility index (Phi) is 5.68. The summed E-state index contributed by atoms with van der Waals surface area (Å²) in [5, 5.41) is 11.8. The number of likely N-dealkylation sites (tertiary alicyclic amines) is 1. The van der Waals surface area contributed by atoms with Gasteiger partial charge in [-0.3, -0.25) is 4.90 Å². The van der Waals surface area contributed by atoms with E-state index in [1.807, 2.05) is 12.1 Å². The van der Waals surface area contributed by atoms with E-state index in [0.29, 0.717) is 31.0 Å². The Morgan fingerprint density at radius 2 is 1.21 bits per heavy atom. The highest BCUT2D eigenvalue weighted by Crippen LogP contribution is 2.38. The molecule has 0 saturated carbocycles. The van der Waals surface area contributed by atoms with Crippen LogP contribution in [0.2, 0.25) is 5.02 Å². The Hall–Kier alpha value is -2.27. The van der Waals surface area contributed by atoms with Gasteiger partial charge in [0.05, 0.1) is 11.6 Å². The average molecular weight is 414 g/mol. The summed E-state index contributed by atoms with van der Waals surface area (Å²) < 4.78 is 26.9. The minimum absolute atomic E-state index is 0.133. The first kappa shape index (κ1) is 20.0. The van der Waals surface area contributed by atoms with Crippen LogP contribution in [0.5, 0.6) is 0 Å². The van der Waals surface area contributed by atoms with Crippen LogP contribution in [0.1, 0.15) is 35.6 Å². The quantitative estimate of drug-likeness (QED) is 0.593. The molecule has 0 aliphatic carbocycles. The molecule has 0 bridgehead atoms. The maximum Gasteiger partial charge on any atom is 0.123 e. The summed E-state index contributed by atoms with van der Waals surface area (Å²) >= 11 is 5.98. The molecule has 0 unspecified atom stereocenters. The van der Waals surface area contributed by atoms with E-state index in [1.165, 1.54) is 24.3 Å². The van der Waals surface area contributed by atoms with Crippen LogP contribution >= 0.6 is 11.6 Å². The maximum atomic E-state index is 13.5. The van der Waals surface area contributed by atoms with Crippen LogP contribution in [0.25, 0.3) is 0 Å². The molecule has 29 heavy (non-hydrogen) atoms. The number of piperidine rings is 1. The van der Waals surface area contributed by atoms with Gasteiger partial charge in [0, 0.05) is 18.1 Å². The number of hydrogen-bond acceptors (Lipinski definition) is 2. The van der Waals surface area contributed by atoms with Crippen molar-refractivity contribution in [1.29, 1.82) is 0 Å². The van der Waals surface area contributed by atoms with E-state index in [2.05, 4.69) is 4.90 Å². The van der Waals surface area contributed by atoms with Crippen molar-refractivity contribution >= 4 is 11.6 Å². The zero-order chi connectivity index (χ0) is 20.4. The molecule has 1 aliphatic heterocycles. The number of rotatable bonds is 4. The van der Waals surface area contributed by atoms with Crippen LogP contribution < -0.4 is 0 Å². The Balaban J connectivity index is 1.60. The number of hydrogen-bond donors (Lipinski definition) is 1. The molecule has 2 nitrogen and oxygen atoms in total. The Morgan fingerprint density at radius 3 is 1.66 bits per heavy atom. The molecular formula is C24H22ClF2NO. The zero-order valence-electron chi connectivity index (χ0n) is 15.9. The lowest BCUT2D eigenvalue weighted by molar-refractivity contribution is -0.0324. The third kappa shape index (κ3) is 4.35. The highest BCUT2D eigenvalue weighted by molar-refractivity contribution is 6.30. The molecule has 1 fully saturated rings. The molecule has 1 N–H and O–H groups in total. The van der Waals surface area contributed by atoms with E-state index < -0.39 is 5.60 Å². The van der Waals surface area contributed by atoms with Crippen molar-refractivity contribution in [1.82, 2.24) is 4.90 Å². The second-order valence-corrected chi connectivity index (χ2v) is 8.02. The fourth-order valence-electron chi connectivity index (χ4n) is 4.11. The number of benzene rings is 3. The van der Waals surface area contributed by atoms with Crippen LogP contribution in [0.3, 0.4) is 0 Å². The summed E-state index contributed by atoms with van der Waals surface area (Å²) in [6.45, 7) is 1.30. The fourth-order valence-corrected chi connectivity index (χ4v) is 4.23. The zero-order valence-corrected chi connectivity index (χ0v) is 16.6. The minimum atomic E-state index is -0.906. The van der Waals surface area contributed by atoms with Gasteiger partial charge < -0.3 is 5.11 Å². The largest absolute Gasteiger partial charge is 0.385 e. The van der Waals surface area contributed by atoms with Crippen molar-refractivity contribution in [2.45, 2.75) is 24.5 Å². The van der Waals surface area contributed by atoms with Gasteiger partial charge in [-0.2, -0.15) is 0 Å². The summed E-state index contributed by atoms with van der Waals surface area (Å²) in [6.07, 6.45) is 1.13. The van der Waals surface area contributed by atoms with E-state index in [-0.39, 0.29) is 17.7 Å². The van der Waals surface area contributed by atoms with Gasteiger partial charge in [0.15, 0.2) is 0 Å². The number of nitrogens with zero attached hydrogens (tertiary/aromatic N) is 1. The Morgan fingerprint density at radius 1 is 0.759 bits per heavy atom. The van der Waals surface area contributed by atoms with E-state index >= 15 is 0 Å². The Bertz CT molecular complexity index is 904. The number of halogens is 3. The molecule has 3 aromatic carbocycles. The predicted octanol–water partition coefficient (Wildman–Crippen LogP) is 5.69. The molecule has 0 radical (unpaired) electrons. The van der Waals surface area contributed by atoms with Crippen molar-refractivity contribution in [3.8, 4) is 0 Å². The first-order valence-electron chi connectivity index (χ1n) is 9.68. The van der Waals surface area contributed by atoms with Gasteiger partial charge in [-0.15, -0.1) is 0 Å². The van der Waals surface area contributed by atoms with Crippen LogP contribution in [-0.2, 0) is 5.60 Å². The molecule has 1 saturated heterocycles. The topological polar surface area (TPSA) is 23.5 Å². The van der Waals surface area contributed by atoms with Gasteiger partial charge in [-0.1, -0.05) is 48.0 Å². The molecule has 1 heterocycles. The van der Waals surface area contributed by atoms with E-state index in [9.17, 15) is 13.9 Å². The molecule has 0 spiro atoms. The van der Waals surface area contributed by atoms with Gasteiger partial charge in [0.25, 0.3) is 0 Å².